The lowest BCUT2D eigenvalue weighted by atomic mass is 10.1. The summed E-state index contributed by atoms with van der Waals surface area (Å²) in [5.41, 5.74) is 6.36. The molecular formula is C14H19FN2O2. The summed E-state index contributed by atoms with van der Waals surface area (Å²) in [7, 11) is 0. The van der Waals surface area contributed by atoms with Gasteiger partial charge < -0.3 is 15.8 Å². The molecule has 0 saturated heterocycles. The minimum absolute atomic E-state index is 0.112. The third kappa shape index (κ3) is 5.52. The molecule has 104 valence electrons. The van der Waals surface area contributed by atoms with Gasteiger partial charge in [0.1, 0.15) is 11.6 Å². The van der Waals surface area contributed by atoms with E-state index in [9.17, 15) is 9.18 Å². The first-order valence-corrected chi connectivity index (χ1v) is 6.07. The van der Waals surface area contributed by atoms with E-state index >= 15 is 0 Å². The third-order valence-corrected chi connectivity index (χ3v) is 2.37. The van der Waals surface area contributed by atoms with Crippen molar-refractivity contribution in [2.75, 3.05) is 13.2 Å². The summed E-state index contributed by atoms with van der Waals surface area (Å²) in [5, 5.41) is 2.59. The van der Waals surface area contributed by atoms with E-state index in [2.05, 4.69) is 11.9 Å². The van der Waals surface area contributed by atoms with Crippen LogP contribution < -0.4 is 15.8 Å². The lowest BCUT2D eigenvalue weighted by molar-refractivity contribution is -0.122. The van der Waals surface area contributed by atoms with Gasteiger partial charge in [-0.3, -0.25) is 4.79 Å². The lowest BCUT2D eigenvalue weighted by Crippen LogP contribution is -2.29. The molecule has 0 aromatic heterocycles. The Kier molecular flexibility index (Phi) is 6.02. The van der Waals surface area contributed by atoms with Crippen LogP contribution in [0.25, 0.3) is 0 Å². The van der Waals surface area contributed by atoms with Crippen LogP contribution >= 0.6 is 0 Å². The molecule has 1 aromatic carbocycles. The molecule has 4 nitrogen and oxygen atoms in total. The SMILES string of the molecule is C=CCNC(=O)COc1ccc(F)cc1CC(C)N. The number of halogens is 1. The minimum Gasteiger partial charge on any atom is -0.483 e. The van der Waals surface area contributed by atoms with Gasteiger partial charge in [0, 0.05) is 12.6 Å². The van der Waals surface area contributed by atoms with Crippen LogP contribution in [0.5, 0.6) is 5.75 Å². The van der Waals surface area contributed by atoms with Crippen LogP contribution in [0, 0.1) is 5.82 Å². The molecule has 0 radical (unpaired) electrons. The molecule has 0 heterocycles. The number of nitrogens with one attached hydrogen (secondary N) is 1. The number of ether oxygens (including phenoxy) is 1. The van der Waals surface area contributed by atoms with E-state index in [1.54, 1.807) is 6.08 Å². The van der Waals surface area contributed by atoms with Gasteiger partial charge in [-0.1, -0.05) is 6.08 Å². The normalized spacial score (nSPS) is 11.7. The van der Waals surface area contributed by atoms with Gasteiger partial charge in [0.25, 0.3) is 5.91 Å². The van der Waals surface area contributed by atoms with Crippen molar-refractivity contribution in [3.63, 3.8) is 0 Å². The van der Waals surface area contributed by atoms with Gasteiger partial charge >= 0.3 is 0 Å². The number of hydrogen-bond acceptors (Lipinski definition) is 3. The summed E-state index contributed by atoms with van der Waals surface area (Å²) >= 11 is 0. The summed E-state index contributed by atoms with van der Waals surface area (Å²) < 4.78 is 18.6. The Morgan fingerprint density at radius 2 is 2.37 bits per heavy atom. The summed E-state index contributed by atoms with van der Waals surface area (Å²) in [6, 6.07) is 4.06. The summed E-state index contributed by atoms with van der Waals surface area (Å²) in [4.78, 5) is 11.4. The van der Waals surface area contributed by atoms with Crippen molar-refractivity contribution in [1.82, 2.24) is 5.32 Å². The van der Waals surface area contributed by atoms with E-state index in [-0.39, 0.29) is 24.4 Å². The van der Waals surface area contributed by atoms with Crippen molar-refractivity contribution < 1.29 is 13.9 Å². The average molecular weight is 266 g/mol. The van der Waals surface area contributed by atoms with Gasteiger partial charge in [-0.15, -0.1) is 6.58 Å². The zero-order valence-electron chi connectivity index (χ0n) is 11.0. The number of carbonyl (C=O) groups is 1. The highest BCUT2D eigenvalue weighted by atomic mass is 19.1. The Labute approximate surface area is 112 Å². The van der Waals surface area contributed by atoms with Gasteiger partial charge in [0.15, 0.2) is 6.61 Å². The van der Waals surface area contributed by atoms with Crippen molar-refractivity contribution in [3.05, 3.63) is 42.2 Å². The molecule has 0 bridgehead atoms. The average Bonchev–Trinajstić information content (AvgIpc) is 2.34. The number of nitrogens with two attached hydrogens (primary N) is 1. The van der Waals surface area contributed by atoms with Crippen molar-refractivity contribution in [3.8, 4) is 5.75 Å². The first-order chi connectivity index (χ1) is 9.02. The maximum Gasteiger partial charge on any atom is 0.258 e. The highest BCUT2D eigenvalue weighted by Crippen LogP contribution is 2.21. The fourth-order valence-corrected chi connectivity index (χ4v) is 1.58. The molecule has 3 N–H and O–H groups in total. The molecule has 1 aromatic rings. The molecular weight excluding hydrogens is 247 g/mol. The molecule has 5 heteroatoms. The van der Waals surface area contributed by atoms with Crippen LogP contribution in [0.15, 0.2) is 30.9 Å². The Morgan fingerprint density at radius 3 is 3.00 bits per heavy atom. The van der Waals surface area contributed by atoms with E-state index in [1.165, 1.54) is 18.2 Å². The molecule has 1 unspecified atom stereocenters. The van der Waals surface area contributed by atoms with E-state index < -0.39 is 0 Å². The predicted molar refractivity (Wildman–Crippen MR) is 72.5 cm³/mol. The molecule has 0 aliphatic rings. The molecule has 0 aliphatic heterocycles. The second-order valence-corrected chi connectivity index (χ2v) is 4.31. The molecule has 1 amide bonds. The smallest absolute Gasteiger partial charge is 0.258 e. The number of hydrogen-bond donors (Lipinski definition) is 2. The molecule has 0 fully saturated rings. The van der Waals surface area contributed by atoms with Crippen molar-refractivity contribution in [2.24, 2.45) is 5.73 Å². The third-order valence-electron chi connectivity index (χ3n) is 2.37. The van der Waals surface area contributed by atoms with Gasteiger partial charge in [-0.05, 0) is 37.1 Å². The molecule has 0 saturated carbocycles. The highest BCUT2D eigenvalue weighted by Gasteiger charge is 2.09. The second kappa shape index (κ2) is 7.53. The maximum absolute atomic E-state index is 13.2. The molecule has 0 aliphatic carbocycles. The van der Waals surface area contributed by atoms with Gasteiger partial charge in [-0.2, -0.15) is 0 Å². The fraction of sp³-hybridized carbons (Fsp3) is 0.357. The largest absolute Gasteiger partial charge is 0.483 e. The Balaban J connectivity index is 2.66. The molecule has 1 rings (SSSR count). The van der Waals surface area contributed by atoms with Crippen LogP contribution in [-0.2, 0) is 11.2 Å². The lowest BCUT2D eigenvalue weighted by Gasteiger charge is -2.13. The molecule has 0 spiro atoms. The number of carbonyl (C=O) groups excluding carboxylic acids is 1. The number of rotatable bonds is 7. The Hall–Kier alpha value is -1.88. The topological polar surface area (TPSA) is 64.3 Å². The van der Waals surface area contributed by atoms with Crippen molar-refractivity contribution >= 4 is 5.91 Å². The summed E-state index contributed by atoms with van der Waals surface area (Å²) in [5.74, 6) is -0.123. The van der Waals surface area contributed by atoms with Crippen molar-refractivity contribution in [2.45, 2.75) is 19.4 Å². The first kappa shape index (κ1) is 15.2. The zero-order chi connectivity index (χ0) is 14.3. The fourth-order valence-electron chi connectivity index (χ4n) is 1.58. The van der Waals surface area contributed by atoms with E-state index in [0.29, 0.717) is 24.3 Å². The van der Waals surface area contributed by atoms with E-state index in [1.807, 2.05) is 6.92 Å². The Bertz CT molecular complexity index is 447. The molecule has 1 atom stereocenters. The second-order valence-electron chi connectivity index (χ2n) is 4.31. The Morgan fingerprint density at radius 1 is 1.63 bits per heavy atom. The van der Waals surface area contributed by atoms with Crippen LogP contribution in [0.2, 0.25) is 0 Å². The van der Waals surface area contributed by atoms with Crippen LogP contribution in [0.1, 0.15) is 12.5 Å². The van der Waals surface area contributed by atoms with Gasteiger partial charge in [0.2, 0.25) is 0 Å². The van der Waals surface area contributed by atoms with E-state index in [0.717, 1.165) is 0 Å². The highest BCUT2D eigenvalue weighted by molar-refractivity contribution is 5.77. The number of benzene rings is 1. The van der Waals surface area contributed by atoms with Gasteiger partial charge in [-0.25, -0.2) is 4.39 Å². The predicted octanol–water partition coefficient (Wildman–Crippen LogP) is 1.40. The van der Waals surface area contributed by atoms with E-state index in [4.69, 9.17) is 10.5 Å². The monoisotopic (exact) mass is 266 g/mol. The minimum atomic E-state index is -0.348. The van der Waals surface area contributed by atoms with Crippen LogP contribution in [-0.4, -0.2) is 25.1 Å². The van der Waals surface area contributed by atoms with Crippen molar-refractivity contribution in [1.29, 1.82) is 0 Å². The molecule has 19 heavy (non-hydrogen) atoms. The zero-order valence-corrected chi connectivity index (χ0v) is 11.0. The maximum atomic E-state index is 13.2. The summed E-state index contributed by atoms with van der Waals surface area (Å²) in [6.45, 7) is 5.59. The summed E-state index contributed by atoms with van der Waals surface area (Å²) in [6.07, 6.45) is 2.07. The standard InChI is InChI=1S/C14H19FN2O2/c1-3-6-17-14(18)9-19-13-5-4-12(15)8-11(13)7-10(2)16/h3-5,8,10H,1,6-7,9,16H2,2H3,(H,17,18). The first-order valence-electron chi connectivity index (χ1n) is 6.07. The van der Waals surface area contributed by atoms with Crippen LogP contribution in [0.3, 0.4) is 0 Å². The number of amides is 1. The van der Waals surface area contributed by atoms with Crippen LogP contribution in [0.4, 0.5) is 4.39 Å². The van der Waals surface area contributed by atoms with Gasteiger partial charge in [0.05, 0.1) is 0 Å². The quantitative estimate of drug-likeness (QED) is 0.733.